The first-order chi connectivity index (χ1) is 10.5. The van der Waals surface area contributed by atoms with Gasteiger partial charge in [-0.2, -0.15) is 0 Å². The van der Waals surface area contributed by atoms with E-state index in [9.17, 15) is 13.6 Å². The Balaban J connectivity index is 1.81. The number of amides is 2. The summed E-state index contributed by atoms with van der Waals surface area (Å²) in [5, 5.41) is 2.79. The molecular weight excluding hydrogens is 288 g/mol. The van der Waals surface area contributed by atoms with Crippen LogP contribution in [0.3, 0.4) is 0 Å². The van der Waals surface area contributed by atoms with Crippen LogP contribution in [-0.2, 0) is 6.42 Å². The molecule has 122 valence electrons. The van der Waals surface area contributed by atoms with E-state index in [-0.39, 0.29) is 18.0 Å². The van der Waals surface area contributed by atoms with Crippen LogP contribution in [0.5, 0.6) is 0 Å². The quantitative estimate of drug-likeness (QED) is 0.926. The molecule has 1 N–H and O–H groups in total. The average molecular weight is 311 g/mol. The van der Waals surface area contributed by atoms with Crippen LogP contribution >= 0.6 is 0 Å². The maximum Gasteiger partial charge on any atom is 0.317 e. The van der Waals surface area contributed by atoms with Gasteiger partial charge in [0.05, 0.1) is 0 Å². The van der Waals surface area contributed by atoms with Crippen LogP contribution in [0.2, 0.25) is 0 Å². The highest BCUT2D eigenvalue weighted by atomic mass is 19.1. The normalized spacial score (nSPS) is 18.6. The number of hydrogen-bond acceptors (Lipinski definition) is 2. The predicted molar refractivity (Wildman–Crippen MR) is 81.7 cm³/mol. The largest absolute Gasteiger partial charge is 0.338 e. The van der Waals surface area contributed by atoms with Gasteiger partial charge in [0.15, 0.2) is 0 Å². The smallest absolute Gasteiger partial charge is 0.317 e. The molecule has 4 nitrogen and oxygen atoms in total. The third-order valence-corrected chi connectivity index (χ3v) is 4.09. The molecule has 1 aliphatic heterocycles. The molecule has 6 heteroatoms. The first kappa shape index (κ1) is 16.7. The van der Waals surface area contributed by atoms with Crippen molar-refractivity contribution in [2.24, 2.45) is 0 Å². The summed E-state index contributed by atoms with van der Waals surface area (Å²) >= 11 is 0. The molecule has 0 saturated carbocycles. The topological polar surface area (TPSA) is 35.6 Å². The van der Waals surface area contributed by atoms with E-state index < -0.39 is 11.6 Å². The summed E-state index contributed by atoms with van der Waals surface area (Å²) in [5.74, 6) is -0.908. The standard InChI is InChI=1S/C16H23F2N3O/c1-20(2)14-4-3-9-21(11-14)16(22)19-8-7-12-10-13(17)5-6-15(12)18/h5-6,10,14H,3-4,7-9,11H2,1-2H3,(H,19,22)/t14-/m0/s1. The van der Waals surface area contributed by atoms with Crippen LogP contribution in [0.1, 0.15) is 18.4 Å². The molecule has 0 radical (unpaired) electrons. The van der Waals surface area contributed by atoms with Gasteiger partial charge in [-0.3, -0.25) is 0 Å². The zero-order valence-electron chi connectivity index (χ0n) is 13.1. The van der Waals surface area contributed by atoms with Crippen LogP contribution in [0.15, 0.2) is 18.2 Å². The number of nitrogens with zero attached hydrogens (tertiary/aromatic N) is 2. The van der Waals surface area contributed by atoms with Crippen LogP contribution in [0, 0.1) is 11.6 Å². The van der Waals surface area contributed by atoms with Crippen molar-refractivity contribution in [2.75, 3.05) is 33.7 Å². The zero-order valence-corrected chi connectivity index (χ0v) is 13.1. The second-order valence-corrected chi connectivity index (χ2v) is 5.92. The molecule has 0 aliphatic carbocycles. The Bertz CT molecular complexity index is 522. The van der Waals surface area contributed by atoms with Gasteiger partial charge < -0.3 is 15.1 Å². The van der Waals surface area contributed by atoms with Crippen LogP contribution in [-0.4, -0.2) is 55.6 Å². The Kier molecular flexibility index (Phi) is 5.71. The van der Waals surface area contributed by atoms with E-state index in [1.807, 2.05) is 14.1 Å². The summed E-state index contributed by atoms with van der Waals surface area (Å²) in [4.78, 5) is 16.1. The Labute approximate surface area is 130 Å². The number of nitrogens with one attached hydrogen (secondary N) is 1. The molecule has 2 rings (SSSR count). The van der Waals surface area contributed by atoms with Crippen molar-refractivity contribution in [1.29, 1.82) is 0 Å². The minimum Gasteiger partial charge on any atom is -0.338 e. The molecule has 0 unspecified atom stereocenters. The maximum atomic E-state index is 13.5. The van der Waals surface area contributed by atoms with Crippen molar-refractivity contribution in [1.82, 2.24) is 15.1 Å². The molecule has 22 heavy (non-hydrogen) atoms. The molecule has 1 aliphatic rings. The maximum absolute atomic E-state index is 13.5. The number of hydrogen-bond donors (Lipinski definition) is 1. The number of likely N-dealkylation sites (N-methyl/N-ethyl adjacent to an activating group) is 1. The van der Waals surface area contributed by atoms with E-state index in [1.54, 1.807) is 4.90 Å². The van der Waals surface area contributed by atoms with Gasteiger partial charge in [-0.05, 0) is 57.1 Å². The molecule has 1 heterocycles. The number of urea groups is 1. The van der Waals surface area contributed by atoms with Gasteiger partial charge in [0.2, 0.25) is 0 Å². The highest BCUT2D eigenvalue weighted by molar-refractivity contribution is 5.74. The molecule has 0 spiro atoms. The number of rotatable bonds is 4. The van der Waals surface area contributed by atoms with Crippen molar-refractivity contribution >= 4 is 6.03 Å². The van der Waals surface area contributed by atoms with Crippen LogP contribution in [0.25, 0.3) is 0 Å². The molecule has 0 aromatic heterocycles. The lowest BCUT2D eigenvalue weighted by Gasteiger charge is -2.36. The fraction of sp³-hybridized carbons (Fsp3) is 0.562. The monoisotopic (exact) mass is 311 g/mol. The second-order valence-electron chi connectivity index (χ2n) is 5.92. The lowest BCUT2D eigenvalue weighted by atomic mass is 10.1. The Morgan fingerprint density at radius 2 is 2.18 bits per heavy atom. The summed E-state index contributed by atoms with van der Waals surface area (Å²) in [6.07, 6.45) is 2.35. The van der Waals surface area contributed by atoms with Crippen LogP contribution < -0.4 is 5.32 Å². The number of piperidine rings is 1. The SMILES string of the molecule is CN(C)[C@H]1CCCN(C(=O)NCCc2cc(F)ccc2F)C1. The summed E-state index contributed by atoms with van der Waals surface area (Å²) in [6, 6.07) is 3.61. The van der Waals surface area contributed by atoms with Crippen molar-refractivity contribution in [2.45, 2.75) is 25.3 Å². The molecule has 1 aromatic rings. The Morgan fingerprint density at radius 3 is 2.91 bits per heavy atom. The van der Waals surface area contributed by atoms with Crippen molar-refractivity contribution in [3.63, 3.8) is 0 Å². The second kappa shape index (κ2) is 7.54. The predicted octanol–water partition coefficient (Wildman–Crippen LogP) is 2.24. The first-order valence-electron chi connectivity index (χ1n) is 7.60. The van der Waals surface area contributed by atoms with Gasteiger partial charge in [-0.25, -0.2) is 13.6 Å². The van der Waals surface area contributed by atoms with Crippen LogP contribution in [0.4, 0.5) is 13.6 Å². The van der Waals surface area contributed by atoms with Crippen molar-refractivity contribution < 1.29 is 13.6 Å². The van der Waals surface area contributed by atoms with Gasteiger partial charge in [0.1, 0.15) is 11.6 Å². The van der Waals surface area contributed by atoms with E-state index in [0.717, 1.165) is 31.5 Å². The molecule has 2 amide bonds. The van der Waals surface area contributed by atoms with E-state index in [0.29, 0.717) is 19.1 Å². The lowest BCUT2D eigenvalue weighted by Crippen LogP contribution is -2.51. The Hall–Kier alpha value is -1.69. The molecule has 1 atom stereocenters. The van der Waals surface area contributed by atoms with Crippen molar-refractivity contribution in [3.8, 4) is 0 Å². The fourth-order valence-corrected chi connectivity index (χ4v) is 2.71. The van der Waals surface area contributed by atoms with E-state index in [4.69, 9.17) is 0 Å². The lowest BCUT2D eigenvalue weighted by molar-refractivity contribution is 0.140. The van der Waals surface area contributed by atoms with Crippen molar-refractivity contribution in [3.05, 3.63) is 35.4 Å². The highest BCUT2D eigenvalue weighted by Gasteiger charge is 2.24. The molecule has 1 aromatic carbocycles. The minimum atomic E-state index is -0.465. The molecule has 1 fully saturated rings. The third-order valence-electron chi connectivity index (χ3n) is 4.09. The molecular formula is C16H23F2N3O. The number of halogens is 2. The number of carbonyl (C=O) groups excluding carboxylic acids is 1. The number of likely N-dealkylation sites (tertiary alicyclic amines) is 1. The minimum absolute atomic E-state index is 0.136. The molecule has 1 saturated heterocycles. The van der Waals surface area contributed by atoms with Gasteiger partial charge in [0, 0.05) is 25.7 Å². The van der Waals surface area contributed by atoms with Gasteiger partial charge in [0.25, 0.3) is 0 Å². The summed E-state index contributed by atoms with van der Waals surface area (Å²) in [5.41, 5.74) is 0.283. The fourth-order valence-electron chi connectivity index (χ4n) is 2.71. The van der Waals surface area contributed by atoms with Gasteiger partial charge in [-0.1, -0.05) is 0 Å². The highest BCUT2D eigenvalue weighted by Crippen LogP contribution is 2.14. The van der Waals surface area contributed by atoms with E-state index in [2.05, 4.69) is 10.2 Å². The summed E-state index contributed by atoms with van der Waals surface area (Å²) in [6.45, 7) is 1.74. The van der Waals surface area contributed by atoms with Gasteiger partial charge in [-0.15, -0.1) is 0 Å². The van der Waals surface area contributed by atoms with E-state index in [1.165, 1.54) is 6.07 Å². The van der Waals surface area contributed by atoms with Gasteiger partial charge >= 0.3 is 6.03 Å². The number of benzene rings is 1. The summed E-state index contributed by atoms with van der Waals surface area (Å²) in [7, 11) is 4.03. The third kappa shape index (κ3) is 4.40. The summed E-state index contributed by atoms with van der Waals surface area (Å²) < 4.78 is 26.6. The molecule has 0 bridgehead atoms. The average Bonchev–Trinajstić information content (AvgIpc) is 2.50. The zero-order chi connectivity index (χ0) is 16.1. The first-order valence-corrected chi connectivity index (χ1v) is 7.60. The number of carbonyl (C=O) groups is 1. The Morgan fingerprint density at radius 1 is 1.41 bits per heavy atom. The van der Waals surface area contributed by atoms with E-state index >= 15 is 0 Å².